The van der Waals surface area contributed by atoms with Gasteiger partial charge in [0.05, 0.1) is 11.1 Å². The van der Waals surface area contributed by atoms with E-state index in [0.717, 1.165) is 22.5 Å². The van der Waals surface area contributed by atoms with Crippen LogP contribution in [0.3, 0.4) is 0 Å². The van der Waals surface area contributed by atoms with E-state index in [4.69, 9.17) is 4.42 Å². The second-order valence-corrected chi connectivity index (χ2v) is 7.84. The Balaban J connectivity index is 1.65. The largest absolute Gasteiger partial charge is 0.436 e. The Morgan fingerprint density at radius 2 is 1.79 bits per heavy atom. The smallest absolute Gasteiger partial charge is 0.399 e. The fraction of sp³-hybridized carbons (Fsp3) is 0.167. The first kappa shape index (κ1) is 17.7. The molecule has 0 spiro atoms. The van der Waals surface area contributed by atoms with Crippen molar-refractivity contribution in [2.45, 2.75) is 13.8 Å². The summed E-state index contributed by atoms with van der Waals surface area (Å²) in [6.45, 7) is 4.28. The summed E-state index contributed by atoms with van der Waals surface area (Å²) in [7, 11) is 4.25. The minimum Gasteiger partial charge on any atom is -0.436 e. The first-order chi connectivity index (χ1) is 14.0. The average molecular weight is 380 g/mol. The van der Waals surface area contributed by atoms with Crippen LogP contribution in [0.1, 0.15) is 18.4 Å². The quantitative estimate of drug-likeness (QED) is 0.390. The van der Waals surface area contributed by atoms with Crippen LogP contribution in [-0.2, 0) is 7.05 Å². The molecular formula is C24H23BN3O+. The summed E-state index contributed by atoms with van der Waals surface area (Å²) in [5.41, 5.74) is 7.70. The second kappa shape index (κ2) is 6.62. The maximum Gasteiger partial charge on any atom is 0.399 e. The monoisotopic (exact) mass is 380 g/mol. The maximum absolute atomic E-state index is 6.08. The fourth-order valence-electron chi connectivity index (χ4n) is 4.36. The summed E-state index contributed by atoms with van der Waals surface area (Å²) in [5, 5.41) is 1.06. The lowest BCUT2D eigenvalue weighted by Gasteiger charge is -2.29. The van der Waals surface area contributed by atoms with E-state index in [-0.39, 0.29) is 6.85 Å². The molecule has 4 aromatic rings. The molecule has 1 aliphatic rings. The number of hydrogen-bond acceptors (Lipinski definition) is 3. The van der Waals surface area contributed by atoms with E-state index in [1.165, 1.54) is 22.2 Å². The van der Waals surface area contributed by atoms with Crippen LogP contribution in [-0.4, -0.2) is 18.9 Å². The van der Waals surface area contributed by atoms with Crippen LogP contribution >= 0.6 is 0 Å². The molecule has 0 atom stereocenters. The molecule has 0 unspecified atom stereocenters. The van der Waals surface area contributed by atoms with Crippen molar-refractivity contribution < 1.29 is 8.98 Å². The molecule has 0 radical (unpaired) electrons. The van der Waals surface area contributed by atoms with Gasteiger partial charge in [-0.3, -0.25) is 0 Å². The molecule has 0 N–H and O–H groups in total. The number of anilines is 1. The van der Waals surface area contributed by atoms with E-state index in [1.54, 1.807) is 0 Å². The van der Waals surface area contributed by atoms with Crippen LogP contribution in [0.4, 0.5) is 5.69 Å². The van der Waals surface area contributed by atoms with E-state index in [1.807, 2.05) is 13.0 Å². The van der Waals surface area contributed by atoms with Gasteiger partial charge in [-0.25, -0.2) is 9.55 Å². The molecule has 0 saturated heterocycles. The number of rotatable bonds is 2. The number of benzene rings is 1. The normalized spacial score (nSPS) is 13.6. The third-order valence-electron chi connectivity index (χ3n) is 5.80. The molecule has 4 heterocycles. The number of furan rings is 1. The molecule has 1 aliphatic heterocycles. The summed E-state index contributed by atoms with van der Waals surface area (Å²) < 4.78 is 8.29. The Labute approximate surface area is 171 Å². The van der Waals surface area contributed by atoms with E-state index in [2.05, 4.69) is 96.2 Å². The minimum atomic E-state index is 0.123. The highest BCUT2D eigenvalue weighted by atomic mass is 16.3. The van der Waals surface area contributed by atoms with E-state index >= 15 is 0 Å². The SMILES string of the molecule is CC1=Cc2oc3nc(C)ccc3c2N(C)B1c1cc(-c2ccccc2)cc[n+]1C. The number of hydrogen-bond donors (Lipinski definition) is 0. The van der Waals surface area contributed by atoms with Crippen molar-refractivity contribution in [3.63, 3.8) is 0 Å². The predicted octanol–water partition coefficient (Wildman–Crippen LogP) is 3.92. The summed E-state index contributed by atoms with van der Waals surface area (Å²) >= 11 is 0. The Kier molecular flexibility index (Phi) is 4.05. The number of aromatic nitrogens is 2. The van der Waals surface area contributed by atoms with Crippen LogP contribution in [0.25, 0.3) is 28.3 Å². The van der Waals surface area contributed by atoms with Gasteiger partial charge < -0.3 is 9.23 Å². The van der Waals surface area contributed by atoms with Gasteiger partial charge in [0.25, 0.3) is 0 Å². The highest BCUT2D eigenvalue weighted by Crippen LogP contribution is 2.38. The van der Waals surface area contributed by atoms with Crippen LogP contribution in [0.5, 0.6) is 0 Å². The molecule has 5 heteroatoms. The number of nitrogens with zero attached hydrogens (tertiary/aromatic N) is 3. The van der Waals surface area contributed by atoms with Crippen molar-refractivity contribution >= 4 is 35.3 Å². The Morgan fingerprint density at radius 3 is 2.59 bits per heavy atom. The Bertz CT molecular complexity index is 1260. The third kappa shape index (κ3) is 2.85. The molecule has 4 nitrogen and oxygen atoms in total. The average Bonchev–Trinajstić information content (AvgIpc) is 3.07. The van der Waals surface area contributed by atoms with E-state index in [9.17, 15) is 0 Å². The van der Waals surface area contributed by atoms with Crippen LogP contribution < -0.4 is 15.0 Å². The van der Waals surface area contributed by atoms with Gasteiger partial charge in [-0.15, -0.1) is 0 Å². The van der Waals surface area contributed by atoms with Crippen molar-refractivity contribution in [1.82, 2.24) is 4.98 Å². The van der Waals surface area contributed by atoms with Gasteiger partial charge in [0.1, 0.15) is 7.05 Å². The lowest BCUT2D eigenvalue weighted by Crippen LogP contribution is -2.62. The van der Waals surface area contributed by atoms with Crippen LogP contribution in [0, 0.1) is 6.92 Å². The molecule has 0 amide bonds. The standard InChI is InChI=1S/C24H23BN3O/c1-16-14-21-23(20-11-10-17(2)26-24(20)29-21)28(4)25(16)22-15-19(12-13-27(22)3)18-8-6-5-7-9-18/h5-15H,1-4H3/q+1. The summed E-state index contributed by atoms with van der Waals surface area (Å²) in [6, 6.07) is 19.2. The zero-order chi connectivity index (χ0) is 20.1. The number of pyridine rings is 2. The first-order valence-corrected chi connectivity index (χ1v) is 9.89. The highest BCUT2D eigenvalue weighted by molar-refractivity contribution is 6.83. The minimum absolute atomic E-state index is 0.123. The van der Waals surface area contributed by atoms with E-state index < -0.39 is 0 Å². The lowest BCUT2D eigenvalue weighted by atomic mass is 9.49. The number of fused-ring (bicyclic) bond motifs is 3. The highest BCUT2D eigenvalue weighted by Gasteiger charge is 2.39. The fourth-order valence-corrected chi connectivity index (χ4v) is 4.36. The van der Waals surface area contributed by atoms with Gasteiger partial charge in [-0.05, 0) is 50.2 Å². The summed E-state index contributed by atoms with van der Waals surface area (Å²) in [6.07, 6.45) is 4.30. The lowest BCUT2D eigenvalue weighted by molar-refractivity contribution is -0.654. The summed E-state index contributed by atoms with van der Waals surface area (Å²) in [4.78, 5) is 6.90. The van der Waals surface area contributed by atoms with Crippen molar-refractivity contribution in [1.29, 1.82) is 0 Å². The van der Waals surface area contributed by atoms with Crippen molar-refractivity contribution in [2.75, 3.05) is 11.9 Å². The molecule has 0 saturated carbocycles. The molecule has 0 fully saturated rings. The van der Waals surface area contributed by atoms with Gasteiger partial charge in [-0.2, -0.15) is 0 Å². The zero-order valence-corrected chi connectivity index (χ0v) is 17.2. The van der Waals surface area contributed by atoms with Crippen molar-refractivity contribution in [3.8, 4) is 11.1 Å². The Hall–Kier alpha value is -3.34. The van der Waals surface area contributed by atoms with Gasteiger partial charge in [-0.1, -0.05) is 35.8 Å². The van der Waals surface area contributed by atoms with Crippen molar-refractivity contribution in [2.24, 2.45) is 7.05 Å². The van der Waals surface area contributed by atoms with Crippen LogP contribution in [0.15, 0.2) is 70.7 Å². The molecule has 142 valence electrons. The summed E-state index contributed by atoms with van der Waals surface area (Å²) in [5.74, 6) is 0.885. The molecule has 1 aromatic carbocycles. The molecule has 3 aromatic heterocycles. The van der Waals surface area contributed by atoms with Gasteiger partial charge in [0.2, 0.25) is 5.71 Å². The molecule has 0 aliphatic carbocycles. The predicted molar refractivity (Wildman–Crippen MR) is 119 cm³/mol. The Morgan fingerprint density at radius 1 is 1.00 bits per heavy atom. The number of allylic oxidation sites excluding steroid dienone is 1. The molecule has 5 rings (SSSR count). The first-order valence-electron chi connectivity index (χ1n) is 9.89. The van der Waals surface area contributed by atoms with Crippen LogP contribution in [0.2, 0.25) is 0 Å². The molecular weight excluding hydrogens is 357 g/mol. The number of aryl methyl sites for hydroxylation is 2. The van der Waals surface area contributed by atoms with Crippen molar-refractivity contribution in [3.05, 3.63) is 77.7 Å². The third-order valence-corrected chi connectivity index (χ3v) is 5.80. The van der Waals surface area contributed by atoms with Gasteiger partial charge in [0, 0.05) is 17.8 Å². The zero-order valence-electron chi connectivity index (χ0n) is 17.2. The van der Waals surface area contributed by atoms with Gasteiger partial charge in [0.15, 0.2) is 17.6 Å². The molecule has 29 heavy (non-hydrogen) atoms. The maximum atomic E-state index is 6.08. The van der Waals surface area contributed by atoms with Gasteiger partial charge >= 0.3 is 6.85 Å². The van der Waals surface area contributed by atoms with E-state index in [0.29, 0.717) is 5.71 Å². The topological polar surface area (TPSA) is 33.2 Å². The molecule has 0 bridgehead atoms. The second-order valence-electron chi connectivity index (χ2n) is 7.84.